The topological polar surface area (TPSA) is 101 Å². The Hall–Kier alpha value is -1.95. The minimum absolute atomic E-state index is 0.0938. The average molecular weight is 464 g/mol. The summed E-state index contributed by atoms with van der Waals surface area (Å²) in [6.07, 6.45) is -10.3. The number of ether oxygens (including phenoxy) is 1. The largest absolute Gasteiger partial charge is 0.424 e. The van der Waals surface area contributed by atoms with Crippen molar-refractivity contribution in [1.29, 1.82) is 0 Å². The predicted molar refractivity (Wildman–Crippen MR) is 99.9 cm³/mol. The standard InChI is InChI=1S/C18H14Cl2F3N3O4/c19-9-3-1-8(2-4-9)17(29,18(21,22)23)13-11(27)12(28)16(30-13)26-6-5-10-14(20)24-7-25-15(10)26/h1-7,11-13,16,27-29H/t11-,12+,13?,16+,17+/m0/s1. The second-order valence-electron chi connectivity index (χ2n) is 6.82. The van der Waals surface area contributed by atoms with E-state index in [0.717, 1.165) is 18.5 Å². The zero-order valence-electron chi connectivity index (χ0n) is 14.8. The highest BCUT2D eigenvalue weighted by Gasteiger charge is 2.66. The number of fused-ring (bicyclic) bond motifs is 1. The van der Waals surface area contributed by atoms with Gasteiger partial charge in [-0.2, -0.15) is 13.2 Å². The van der Waals surface area contributed by atoms with Gasteiger partial charge in [-0.3, -0.25) is 0 Å². The summed E-state index contributed by atoms with van der Waals surface area (Å²) in [4.78, 5) is 7.81. The van der Waals surface area contributed by atoms with E-state index in [1.807, 2.05) is 0 Å². The molecule has 3 N–H and O–H groups in total. The van der Waals surface area contributed by atoms with Crippen molar-refractivity contribution in [3.63, 3.8) is 0 Å². The van der Waals surface area contributed by atoms with Gasteiger partial charge in [0.25, 0.3) is 0 Å². The van der Waals surface area contributed by atoms with Crippen LogP contribution in [0.4, 0.5) is 13.2 Å². The van der Waals surface area contributed by atoms with Crippen molar-refractivity contribution in [2.45, 2.75) is 36.3 Å². The molecule has 12 heteroatoms. The molecule has 160 valence electrons. The summed E-state index contributed by atoms with van der Waals surface area (Å²) in [6.45, 7) is 0. The second-order valence-corrected chi connectivity index (χ2v) is 7.62. The van der Waals surface area contributed by atoms with Crippen molar-refractivity contribution in [3.8, 4) is 0 Å². The Labute approximate surface area is 177 Å². The van der Waals surface area contributed by atoms with Crippen LogP contribution in [0.15, 0.2) is 42.9 Å². The fraction of sp³-hybridized carbons (Fsp3) is 0.333. The molecule has 1 unspecified atom stereocenters. The molecular formula is C18H14Cl2F3N3O4. The molecule has 1 saturated heterocycles. The predicted octanol–water partition coefficient (Wildman–Crippen LogP) is 2.81. The van der Waals surface area contributed by atoms with Crippen LogP contribution in [0, 0.1) is 0 Å². The third-order valence-corrected chi connectivity index (χ3v) is 5.65. The van der Waals surface area contributed by atoms with Gasteiger partial charge in [0.2, 0.25) is 5.60 Å². The Morgan fingerprint density at radius 3 is 2.30 bits per heavy atom. The molecule has 0 saturated carbocycles. The summed E-state index contributed by atoms with van der Waals surface area (Å²) in [5.74, 6) is 0. The number of rotatable bonds is 3. The van der Waals surface area contributed by atoms with E-state index < -0.39 is 41.9 Å². The number of aliphatic hydroxyl groups is 3. The van der Waals surface area contributed by atoms with E-state index in [2.05, 4.69) is 9.97 Å². The first-order valence-corrected chi connectivity index (χ1v) is 9.35. The Bertz CT molecular complexity index is 1080. The van der Waals surface area contributed by atoms with Crippen LogP contribution in [0.25, 0.3) is 11.0 Å². The Morgan fingerprint density at radius 1 is 1.00 bits per heavy atom. The summed E-state index contributed by atoms with van der Waals surface area (Å²) in [7, 11) is 0. The van der Waals surface area contributed by atoms with E-state index in [4.69, 9.17) is 27.9 Å². The minimum atomic E-state index is -5.24. The van der Waals surface area contributed by atoms with Crippen LogP contribution in [0.3, 0.4) is 0 Å². The van der Waals surface area contributed by atoms with Crippen LogP contribution < -0.4 is 0 Å². The molecule has 0 aliphatic carbocycles. The first-order chi connectivity index (χ1) is 14.1. The highest BCUT2D eigenvalue weighted by molar-refractivity contribution is 6.33. The van der Waals surface area contributed by atoms with Crippen LogP contribution in [-0.4, -0.2) is 54.3 Å². The number of alkyl halides is 3. The Morgan fingerprint density at radius 2 is 1.67 bits per heavy atom. The molecule has 0 bridgehead atoms. The van der Waals surface area contributed by atoms with Crippen molar-refractivity contribution in [2.24, 2.45) is 0 Å². The zero-order chi connectivity index (χ0) is 21.8. The first-order valence-electron chi connectivity index (χ1n) is 8.59. The molecule has 5 atom stereocenters. The van der Waals surface area contributed by atoms with Gasteiger partial charge in [0.1, 0.15) is 35.4 Å². The fourth-order valence-electron chi connectivity index (χ4n) is 3.57. The smallest absolute Gasteiger partial charge is 0.387 e. The molecule has 2 aromatic heterocycles. The number of aromatic nitrogens is 3. The van der Waals surface area contributed by atoms with Gasteiger partial charge in [0.15, 0.2) is 6.23 Å². The maximum absolute atomic E-state index is 14.0. The molecule has 7 nitrogen and oxygen atoms in total. The van der Waals surface area contributed by atoms with Crippen molar-refractivity contribution >= 4 is 34.2 Å². The molecule has 3 aromatic rings. The lowest BCUT2D eigenvalue weighted by Crippen LogP contribution is -2.56. The van der Waals surface area contributed by atoms with Crippen molar-refractivity contribution in [3.05, 3.63) is 58.6 Å². The fourth-order valence-corrected chi connectivity index (χ4v) is 3.89. The third kappa shape index (κ3) is 3.15. The second kappa shape index (κ2) is 7.33. The van der Waals surface area contributed by atoms with E-state index in [0.29, 0.717) is 5.39 Å². The van der Waals surface area contributed by atoms with Crippen LogP contribution in [0.1, 0.15) is 11.8 Å². The van der Waals surface area contributed by atoms with E-state index >= 15 is 0 Å². The number of nitrogens with zero attached hydrogens (tertiary/aromatic N) is 3. The molecular weight excluding hydrogens is 450 g/mol. The third-order valence-electron chi connectivity index (χ3n) is 5.10. The highest BCUT2D eigenvalue weighted by Crippen LogP contribution is 2.48. The van der Waals surface area contributed by atoms with Crippen LogP contribution >= 0.6 is 23.2 Å². The molecule has 1 aliphatic heterocycles. The van der Waals surface area contributed by atoms with Crippen molar-refractivity contribution in [1.82, 2.24) is 14.5 Å². The van der Waals surface area contributed by atoms with Gasteiger partial charge < -0.3 is 24.6 Å². The van der Waals surface area contributed by atoms with Gasteiger partial charge >= 0.3 is 6.18 Å². The first kappa shape index (κ1) is 21.3. The molecule has 4 rings (SSSR count). The molecule has 3 heterocycles. The number of benzene rings is 1. The Balaban J connectivity index is 1.78. The van der Waals surface area contributed by atoms with E-state index in [1.165, 1.54) is 29.0 Å². The molecule has 0 radical (unpaired) electrons. The van der Waals surface area contributed by atoms with Crippen LogP contribution in [0.5, 0.6) is 0 Å². The van der Waals surface area contributed by atoms with Crippen molar-refractivity contribution in [2.75, 3.05) is 0 Å². The lowest BCUT2D eigenvalue weighted by Gasteiger charge is -2.37. The summed E-state index contributed by atoms with van der Waals surface area (Å²) >= 11 is 11.7. The van der Waals surface area contributed by atoms with E-state index in [1.54, 1.807) is 0 Å². The maximum atomic E-state index is 14.0. The molecule has 1 aliphatic rings. The van der Waals surface area contributed by atoms with Gasteiger partial charge in [0.05, 0.1) is 5.39 Å². The summed E-state index contributed by atoms with van der Waals surface area (Å²) in [6, 6.07) is 5.78. The number of aliphatic hydroxyl groups excluding tert-OH is 2. The lowest BCUT2D eigenvalue weighted by molar-refractivity contribution is -0.310. The summed E-state index contributed by atoms with van der Waals surface area (Å²) in [5, 5.41) is 32.3. The number of halogens is 5. The van der Waals surface area contributed by atoms with Gasteiger partial charge in [0, 0.05) is 11.2 Å². The lowest BCUT2D eigenvalue weighted by atomic mass is 9.84. The molecule has 1 fully saturated rings. The molecule has 30 heavy (non-hydrogen) atoms. The summed E-state index contributed by atoms with van der Waals surface area (Å²) in [5.41, 5.74) is -4.05. The molecule has 0 amide bonds. The monoisotopic (exact) mass is 463 g/mol. The van der Waals surface area contributed by atoms with Crippen molar-refractivity contribution < 1.29 is 33.2 Å². The maximum Gasteiger partial charge on any atom is 0.424 e. The zero-order valence-corrected chi connectivity index (χ0v) is 16.3. The van der Waals surface area contributed by atoms with Crippen LogP contribution in [0.2, 0.25) is 10.2 Å². The minimum Gasteiger partial charge on any atom is -0.387 e. The molecule has 0 spiro atoms. The van der Waals surface area contributed by atoms with Crippen LogP contribution in [-0.2, 0) is 10.3 Å². The van der Waals surface area contributed by atoms with Gasteiger partial charge in [-0.1, -0.05) is 35.3 Å². The van der Waals surface area contributed by atoms with Gasteiger partial charge in [-0.15, -0.1) is 0 Å². The van der Waals surface area contributed by atoms with Gasteiger partial charge in [-0.25, -0.2) is 9.97 Å². The normalized spacial score (nSPS) is 26.8. The quantitative estimate of drug-likeness (QED) is 0.516. The average Bonchev–Trinajstić information content (AvgIpc) is 3.24. The number of hydrogen-bond donors (Lipinski definition) is 3. The van der Waals surface area contributed by atoms with Gasteiger partial charge in [-0.05, 0) is 23.8 Å². The Kier molecular flexibility index (Phi) is 5.20. The van der Waals surface area contributed by atoms with E-state index in [9.17, 15) is 28.5 Å². The molecule has 1 aromatic carbocycles. The number of hydrogen-bond acceptors (Lipinski definition) is 6. The highest BCUT2D eigenvalue weighted by atomic mass is 35.5. The summed E-state index contributed by atoms with van der Waals surface area (Å²) < 4.78 is 48.7. The van der Waals surface area contributed by atoms with E-state index in [-0.39, 0.29) is 15.8 Å². The SMILES string of the molecule is O[C@@H]1[C@H](O)C([C@](O)(c2ccc(Cl)cc2)C(F)(F)F)O[C@H]1n1ccc2c(Cl)ncnc21.